The number of halogens is 1. The lowest BCUT2D eigenvalue weighted by atomic mass is 10.3. The molecule has 1 rings (SSSR count). The second-order valence-electron chi connectivity index (χ2n) is 3.18. The lowest BCUT2D eigenvalue weighted by molar-refractivity contribution is -0.384. The highest BCUT2D eigenvalue weighted by Gasteiger charge is 2.09. The summed E-state index contributed by atoms with van der Waals surface area (Å²) in [5.74, 6) is 0.475. The minimum atomic E-state index is -0.489. The molecule has 0 heterocycles. The standard InChI is InChI=1S/C10H13ClN2O3/c1-12-5-2-6-16-10-4-3-8(13(14)15)7-9(10)11/h3-4,7,12H,2,5-6H2,1H3. The van der Waals surface area contributed by atoms with Crippen molar-refractivity contribution in [2.24, 2.45) is 0 Å². The third kappa shape index (κ3) is 3.67. The fourth-order valence-corrected chi connectivity index (χ4v) is 1.38. The van der Waals surface area contributed by atoms with Crippen LogP contribution in [-0.4, -0.2) is 25.1 Å². The van der Waals surface area contributed by atoms with Gasteiger partial charge in [-0.3, -0.25) is 10.1 Å². The molecular formula is C10H13ClN2O3. The Hall–Kier alpha value is -1.33. The summed E-state index contributed by atoms with van der Waals surface area (Å²) in [4.78, 5) is 9.97. The van der Waals surface area contributed by atoms with Gasteiger partial charge < -0.3 is 10.1 Å². The Kier molecular flexibility index (Phi) is 5.01. The minimum absolute atomic E-state index is 0.0347. The fourth-order valence-electron chi connectivity index (χ4n) is 1.15. The molecular weight excluding hydrogens is 232 g/mol. The van der Waals surface area contributed by atoms with Crippen molar-refractivity contribution in [2.75, 3.05) is 20.2 Å². The molecule has 1 N–H and O–H groups in total. The lowest BCUT2D eigenvalue weighted by Gasteiger charge is -2.07. The highest BCUT2D eigenvalue weighted by atomic mass is 35.5. The number of non-ortho nitro benzene ring substituents is 1. The maximum absolute atomic E-state index is 10.5. The monoisotopic (exact) mass is 244 g/mol. The molecule has 16 heavy (non-hydrogen) atoms. The van der Waals surface area contributed by atoms with Crippen molar-refractivity contribution in [1.29, 1.82) is 0 Å². The van der Waals surface area contributed by atoms with Gasteiger partial charge in [0.15, 0.2) is 0 Å². The van der Waals surface area contributed by atoms with Gasteiger partial charge in [-0.1, -0.05) is 11.6 Å². The number of nitrogens with one attached hydrogen (secondary N) is 1. The third-order valence-electron chi connectivity index (χ3n) is 1.95. The molecule has 6 heteroatoms. The van der Waals surface area contributed by atoms with E-state index in [2.05, 4.69) is 5.32 Å². The van der Waals surface area contributed by atoms with Crippen molar-refractivity contribution in [1.82, 2.24) is 5.32 Å². The Balaban J connectivity index is 2.57. The number of ether oxygens (including phenoxy) is 1. The van der Waals surface area contributed by atoms with Crippen LogP contribution >= 0.6 is 11.6 Å². The van der Waals surface area contributed by atoms with E-state index in [1.54, 1.807) is 0 Å². The number of benzene rings is 1. The van der Waals surface area contributed by atoms with Crippen molar-refractivity contribution in [3.05, 3.63) is 33.3 Å². The molecule has 0 spiro atoms. The topological polar surface area (TPSA) is 64.4 Å². The van der Waals surface area contributed by atoms with Crippen LogP contribution in [-0.2, 0) is 0 Å². The summed E-state index contributed by atoms with van der Waals surface area (Å²) in [5.41, 5.74) is -0.0347. The van der Waals surface area contributed by atoms with E-state index in [1.165, 1.54) is 18.2 Å². The van der Waals surface area contributed by atoms with E-state index in [0.717, 1.165) is 13.0 Å². The Morgan fingerprint density at radius 2 is 2.31 bits per heavy atom. The molecule has 0 radical (unpaired) electrons. The van der Waals surface area contributed by atoms with Gasteiger partial charge in [0.25, 0.3) is 5.69 Å². The smallest absolute Gasteiger partial charge is 0.271 e. The summed E-state index contributed by atoms with van der Waals surface area (Å²) in [6, 6.07) is 4.17. The zero-order chi connectivity index (χ0) is 12.0. The zero-order valence-electron chi connectivity index (χ0n) is 8.90. The minimum Gasteiger partial charge on any atom is -0.492 e. The zero-order valence-corrected chi connectivity index (χ0v) is 9.66. The molecule has 0 aliphatic rings. The number of nitrogens with zero attached hydrogens (tertiary/aromatic N) is 1. The Bertz CT molecular complexity index is 371. The highest BCUT2D eigenvalue weighted by molar-refractivity contribution is 6.32. The van der Waals surface area contributed by atoms with E-state index in [-0.39, 0.29) is 10.7 Å². The van der Waals surface area contributed by atoms with E-state index in [0.29, 0.717) is 12.4 Å². The molecule has 0 aliphatic heterocycles. The van der Waals surface area contributed by atoms with E-state index in [9.17, 15) is 10.1 Å². The van der Waals surface area contributed by atoms with Crippen LogP contribution in [0.15, 0.2) is 18.2 Å². The van der Waals surface area contributed by atoms with Crippen LogP contribution in [0.5, 0.6) is 5.75 Å². The number of hydrogen-bond donors (Lipinski definition) is 1. The summed E-state index contributed by atoms with van der Waals surface area (Å²) in [7, 11) is 1.86. The van der Waals surface area contributed by atoms with Gasteiger partial charge in [-0.2, -0.15) is 0 Å². The molecule has 0 aliphatic carbocycles. The summed E-state index contributed by atoms with van der Waals surface area (Å²) in [6.07, 6.45) is 0.851. The first-order valence-corrected chi connectivity index (χ1v) is 5.24. The third-order valence-corrected chi connectivity index (χ3v) is 2.25. The number of nitro groups is 1. The largest absolute Gasteiger partial charge is 0.492 e. The predicted octanol–water partition coefficient (Wildman–Crippen LogP) is 2.24. The van der Waals surface area contributed by atoms with Crippen LogP contribution in [0.25, 0.3) is 0 Å². The molecule has 0 saturated heterocycles. The Morgan fingerprint density at radius 3 is 2.88 bits per heavy atom. The van der Waals surface area contributed by atoms with Gasteiger partial charge in [0, 0.05) is 12.1 Å². The summed E-state index contributed by atoms with van der Waals surface area (Å²) < 4.78 is 5.38. The first-order valence-electron chi connectivity index (χ1n) is 4.86. The van der Waals surface area contributed by atoms with Crippen LogP contribution in [0.1, 0.15) is 6.42 Å². The average molecular weight is 245 g/mol. The fraction of sp³-hybridized carbons (Fsp3) is 0.400. The van der Waals surface area contributed by atoms with Crippen LogP contribution < -0.4 is 10.1 Å². The van der Waals surface area contributed by atoms with Crippen molar-refractivity contribution in [3.8, 4) is 5.75 Å². The van der Waals surface area contributed by atoms with Crippen molar-refractivity contribution >= 4 is 17.3 Å². The van der Waals surface area contributed by atoms with Crippen LogP contribution in [0.2, 0.25) is 5.02 Å². The quantitative estimate of drug-likeness (QED) is 0.474. The van der Waals surface area contributed by atoms with E-state index >= 15 is 0 Å². The highest BCUT2D eigenvalue weighted by Crippen LogP contribution is 2.28. The molecule has 5 nitrogen and oxygen atoms in total. The van der Waals surface area contributed by atoms with E-state index in [4.69, 9.17) is 16.3 Å². The van der Waals surface area contributed by atoms with Crippen molar-refractivity contribution in [3.63, 3.8) is 0 Å². The van der Waals surface area contributed by atoms with Gasteiger partial charge in [0.1, 0.15) is 5.75 Å². The molecule has 0 aromatic heterocycles. The summed E-state index contributed by atoms with van der Waals surface area (Å²) in [5, 5.41) is 13.7. The first-order chi connectivity index (χ1) is 7.65. The number of rotatable bonds is 6. The second kappa shape index (κ2) is 6.30. The van der Waals surface area contributed by atoms with Crippen LogP contribution in [0.4, 0.5) is 5.69 Å². The second-order valence-corrected chi connectivity index (χ2v) is 3.58. The molecule has 0 amide bonds. The summed E-state index contributed by atoms with van der Waals surface area (Å²) >= 11 is 5.84. The molecule has 0 fully saturated rings. The normalized spacial score (nSPS) is 10.1. The van der Waals surface area contributed by atoms with Gasteiger partial charge in [-0.15, -0.1) is 0 Å². The molecule has 0 atom stereocenters. The van der Waals surface area contributed by atoms with Crippen LogP contribution in [0.3, 0.4) is 0 Å². The average Bonchev–Trinajstić information content (AvgIpc) is 2.26. The lowest BCUT2D eigenvalue weighted by Crippen LogP contribution is -2.11. The van der Waals surface area contributed by atoms with Gasteiger partial charge in [-0.05, 0) is 26.1 Å². The Labute approximate surface area is 98.5 Å². The molecule has 1 aromatic rings. The number of nitro benzene ring substituents is 1. The molecule has 88 valence electrons. The van der Waals surface area contributed by atoms with E-state index in [1.807, 2.05) is 7.05 Å². The maximum atomic E-state index is 10.5. The number of hydrogen-bond acceptors (Lipinski definition) is 4. The van der Waals surface area contributed by atoms with Gasteiger partial charge >= 0.3 is 0 Å². The molecule has 0 bridgehead atoms. The first kappa shape index (κ1) is 12.7. The van der Waals surface area contributed by atoms with Crippen molar-refractivity contribution in [2.45, 2.75) is 6.42 Å². The molecule has 0 saturated carbocycles. The maximum Gasteiger partial charge on any atom is 0.271 e. The van der Waals surface area contributed by atoms with Crippen molar-refractivity contribution < 1.29 is 9.66 Å². The summed E-state index contributed by atoms with van der Waals surface area (Å²) in [6.45, 7) is 1.38. The van der Waals surface area contributed by atoms with E-state index < -0.39 is 4.92 Å². The van der Waals surface area contributed by atoms with Gasteiger partial charge in [0.2, 0.25) is 0 Å². The SMILES string of the molecule is CNCCCOc1ccc([N+](=O)[O-])cc1Cl. The molecule has 0 unspecified atom stereocenters. The molecule has 1 aromatic carbocycles. The van der Waals surface area contributed by atoms with Gasteiger partial charge in [0.05, 0.1) is 16.6 Å². The van der Waals surface area contributed by atoms with Crippen LogP contribution in [0, 0.1) is 10.1 Å². The predicted molar refractivity (Wildman–Crippen MR) is 62.1 cm³/mol. The Morgan fingerprint density at radius 1 is 1.56 bits per heavy atom. The van der Waals surface area contributed by atoms with Gasteiger partial charge in [-0.25, -0.2) is 0 Å².